The zero-order valence-corrected chi connectivity index (χ0v) is 14.5. The van der Waals surface area contributed by atoms with Crippen LogP contribution >= 0.6 is 0 Å². The van der Waals surface area contributed by atoms with Gasteiger partial charge in [-0.25, -0.2) is 0 Å². The first-order valence-electron chi connectivity index (χ1n) is 8.41. The lowest BCUT2D eigenvalue weighted by Gasteiger charge is -2.35. The fourth-order valence-corrected chi connectivity index (χ4v) is 3.41. The van der Waals surface area contributed by atoms with Crippen LogP contribution in [0.15, 0.2) is 0 Å². The molecule has 0 aromatic rings. The molecule has 22 heavy (non-hydrogen) atoms. The van der Waals surface area contributed by atoms with Crippen molar-refractivity contribution >= 4 is 17.5 Å². The third-order valence-electron chi connectivity index (χ3n) is 4.08. The lowest BCUT2D eigenvalue weighted by atomic mass is 9.67. The highest BCUT2D eigenvalue weighted by Crippen LogP contribution is 2.41. The van der Waals surface area contributed by atoms with E-state index in [1.54, 1.807) is 0 Å². The summed E-state index contributed by atoms with van der Waals surface area (Å²) in [5.74, 6) is -0.0125. The highest BCUT2D eigenvalue weighted by atomic mass is 16.6. The maximum Gasteiger partial charge on any atom is 0.306 e. The summed E-state index contributed by atoms with van der Waals surface area (Å²) in [6.07, 6.45) is 5.93. The summed E-state index contributed by atoms with van der Waals surface area (Å²) in [6, 6.07) is 0. The van der Waals surface area contributed by atoms with Gasteiger partial charge < -0.3 is 4.74 Å². The summed E-state index contributed by atoms with van der Waals surface area (Å²) < 4.78 is 5.29. The SMILES string of the molecule is CCCC1(CCCCC(=O)OC(C)(C)C)CC(=O)CC(=O)C1. The Morgan fingerprint density at radius 1 is 1.09 bits per heavy atom. The van der Waals surface area contributed by atoms with Crippen molar-refractivity contribution in [1.82, 2.24) is 0 Å². The molecule has 1 saturated carbocycles. The Bertz CT molecular complexity index is 401. The number of ether oxygens (including phenoxy) is 1. The second-order valence-electron chi connectivity index (χ2n) is 7.65. The van der Waals surface area contributed by atoms with Crippen molar-refractivity contribution in [2.24, 2.45) is 5.41 Å². The molecule has 0 saturated heterocycles. The fraction of sp³-hybridized carbons (Fsp3) is 0.833. The van der Waals surface area contributed by atoms with Gasteiger partial charge in [-0.15, -0.1) is 0 Å². The second-order valence-corrected chi connectivity index (χ2v) is 7.65. The molecule has 1 fully saturated rings. The van der Waals surface area contributed by atoms with E-state index in [1.165, 1.54) is 0 Å². The first-order valence-corrected chi connectivity index (χ1v) is 8.41. The van der Waals surface area contributed by atoms with Gasteiger partial charge in [-0.05, 0) is 45.4 Å². The molecule has 0 N–H and O–H groups in total. The van der Waals surface area contributed by atoms with Crippen LogP contribution in [0.25, 0.3) is 0 Å². The van der Waals surface area contributed by atoms with Crippen LogP contribution in [0.4, 0.5) is 0 Å². The lowest BCUT2D eigenvalue weighted by Crippen LogP contribution is -2.34. The maximum absolute atomic E-state index is 11.8. The molecule has 0 bridgehead atoms. The van der Waals surface area contributed by atoms with E-state index < -0.39 is 5.60 Å². The highest BCUT2D eigenvalue weighted by Gasteiger charge is 2.38. The smallest absolute Gasteiger partial charge is 0.306 e. The summed E-state index contributed by atoms with van der Waals surface area (Å²) in [5.41, 5.74) is -0.599. The van der Waals surface area contributed by atoms with Crippen LogP contribution < -0.4 is 0 Å². The van der Waals surface area contributed by atoms with E-state index in [9.17, 15) is 14.4 Å². The van der Waals surface area contributed by atoms with E-state index in [0.717, 1.165) is 32.1 Å². The van der Waals surface area contributed by atoms with Crippen molar-refractivity contribution in [1.29, 1.82) is 0 Å². The Hall–Kier alpha value is -1.19. The molecule has 4 heteroatoms. The van der Waals surface area contributed by atoms with Gasteiger partial charge in [0.2, 0.25) is 0 Å². The number of rotatable bonds is 7. The van der Waals surface area contributed by atoms with Gasteiger partial charge >= 0.3 is 5.97 Å². The van der Waals surface area contributed by atoms with Crippen molar-refractivity contribution in [2.45, 2.75) is 91.1 Å². The van der Waals surface area contributed by atoms with Gasteiger partial charge in [0.25, 0.3) is 0 Å². The zero-order chi connectivity index (χ0) is 16.8. The predicted octanol–water partition coefficient (Wildman–Crippen LogP) is 4.00. The van der Waals surface area contributed by atoms with Gasteiger partial charge in [0, 0.05) is 19.3 Å². The minimum atomic E-state index is -0.442. The maximum atomic E-state index is 11.8. The molecule has 0 radical (unpaired) electrons. The monoisotopic (exact) mass is 310 g/mol. The molecule has 1 rings (SSSR count). The number of hydrogen-bond donors (Lipinski definition) is 0. The normalized spacial score (nSPS) is 18.4. The molecule has 1 aliphatic carbocycles. The number of unbranched alkanes of at least 4 members (excludes halogenated alkanes) is 1. The molecule has 4 nitrogen and oxygen atoms in total. The Morgan fingerprint density at radius 2 is 1.68 bits per heavy atom. The first kappa shape index (κ1) is 18.9. The number of carbonyl (C=O) groups excluding carboxylic acids is 3. The molecule has 1 aliphatic rings. The Morgan fingerprint density at radius 3 is 2.18 bits per heavy atom. The summed E-state index contributed by atoms with van der Waals surface area (Å²) >= 11 is 0. The largest absolute Gasteiger partial charge is 0.460 e. The van der Waals surface area contributed by atoms with Crippen molar-refractivity contribution in [3.63, 3.8) is 0 Å². The van der Waals surface area contributed by atoms with Gasteiger partial charge in [0.15, 0.2) is 0 Å². The van der Waals surface area contributed by atoms with Gasteiger partial charge in [0.05, 0.1) is 6.42 Å². The third kappa shape index (κ3) is 6.71. The van der Waals surface area contributed by atoms with Crippen LogP contribution in [-0.4, -0.2) is 23.1 Å². The molecule has 0 aliphatic heterocycles. The van der Waals surface area contributed by atoms with Crippen molar-refractivity contribution < 1.29 is 19.1 Å². The van der Waals surface area contributed by atoms with Gasteiger partial charge in [-0.1, -0.05) is 19.8 Å². The molecule has 0 amide bonds. The predicted molar refractivity (Wildman–Crippen MR) is 85.5 cm³/mol. The summed E-state index contributed by atoms with van der Waals surface area (Å²) in [7, 11) is 0. The average Bonchev–Trinajstić information content (AvgIpc) is 2.31. The fourth-order valence-electron chi connectivity index (χ4n) is 3.41. The zero-order valence-electron chi connectivity index (χ0n) is 14.5. The van der Waals surface area contributed by atoms with Gasteiger partial charge in [0.1, 0.15) is 17.2 Å². The van der Waals surface area contributed by atoms with E-state index in [4.69, 9.17) is 4.74 Å². The van der Waals surface area contributed by atoms with E-state index in [1.807, 2.05) is 20.8 Å². The first-order chi connectivity index (χ1) is 10.2. The molecule has 126 valence electrons. The van der Waals surface area contributed by atoms with Crippen LogP contribution in [0.5, 0.6) is 0 Å². The van der Waals surface area contributed by atoms with Gasteiger partial charge in [-0.3, -0.25) is 14.4 Å². The van der Waals surface area contributed by atoms with Crippen molar-refractivity contribution in [3.8, 4) is 0 Å². The van der Waals surface area contributed by atoms with Crippen LogP contribution in [-0.2, 0) is 19.1 Å². The van der Waals surface area contributed by atoms with Crippen LogP contribution in [0.2, 0.25) is 0 Å². The molecule has 0 atom stereocenters. The Labute approximate surface area is 134 Å². The standard InChI is InChI=1S/C18H30O4/c1-5-9-18(12-14(19)11-15(20)13-18)10-7-6-8-16(21)22-17(2,3)4/h5-13H2,1-4H3. The third-order valence-corrected chi connectivity index (χ3v) is 4.08. The molecule has 0 heterocycles. The van der Waals surface area contributed by atoms with Crippen molar-refractivity contribution in [2.75, 3.05) is 0 Å². The molecular formula is C18H30O4. The Balaban J connectivity index is 2.44. The quantitative estimate of drug-likeness (QED) is 0.405. The van der Waals surface area contributed by atoms with E-state index in [2.05, 4.69) is 6.92 Å². The van der Waals surface area contributed by atoms with E-state index >= 15 is 0 Å². The second kappa shape index (κ2) is 7.89. The summed E-state index contributed by atoms with van der Waals surface area (Å²) in [6.45, 7) is 7.67. The van der Waals surface area contributed by atoms with Crippen LogP contribution in [0.3, 0.4) is 0 Å². The molecule has 0 spiro atoms. The van der Waals surface area contributed by atoms with Crippen LogP contribution in [0.1, 0.15) is 85.5 Å². The van der Waals surface area contributed by atoms with Gasteiger partial charge in [-0.2, -0.15) is 0 Å². The minimum Gasteiger partial charge on any atom is -0.460 e. The Kier molecular flexibility index (Phi) is 6.76. The molecular weight excluding hydrogens is 280 g/mol. The minimum absolute atomic E-state index is 0.0804. The topological polar surface area (TPSA) is 60.4 Å². The lowest BCUT2D eigenvalue weighted by molar-refractivity contribution is -0.155. The summed E-state index contributed by atoms with van der Waals surface area (Å²) in [4.78, 5) is 35.2. The number of esters is 1. The van der Waals surface area contributed by atoms with E-state index in [0.29, 0.717) is 19.3 Å². The number of ketones is 2. The van der Waals surface area contributed by atoms with Crippen molar-refractivity contribution in [3.05, 3.63) is 0 Å². The molecule has 0 aromatic heterocycles. The summed E-state index contributed by atoms with van der Waals surface area (Å²) in [5, 5.41) is 0. The average molecular weight is 310 g/mol. The number of hydrogen-bond acceptors (Lipinski definition) is 4. The van der Waals surface area contributed by atoms with Crippen LogP contribution in [0, 0.1) is 5.41 Å². The molecule has 0 unspecified atom stereocenters. The number of Topliss-reactive ketones (excluding diaryl/α,β-unsaturated/α-hetero) is 2. The molecule has 0 aromatic carbocycles. The van der Waals surface area contributed by atoms with E-state index in [-0.39, 0.29) is 29.4 Å². The highest BCUT2D eigenvalue weighted by molar-refractivity contribution is 6.02. The number of carbonyl (C=O) groups is 3.